The van der Waals surface area contributed by atoms with E-state index in [0.717, 1.165) is 25.8 Å². The molecule has 4 nitrogen and oxygen atoms in total. The molecule has 2 rings (SSSR count). The lowest BCUT2D eigenvalue weighted by Crippen LogP contribution is -2.68. The van der Waals surface area contributed by atoms with Gasteiger partial charge in [-0.15, -0.1) is 0 Å². The Morgan fingerprint density at radius 3 is 2.50 bits per heavy atom. The molecule has 0 atom stereocenters. The maximum absolute atomic E-state index is 11.9. The van der Waals surface area contributed by atoms with Crippen LogP contribution < -0.4 is 0 Å². The summed E-state index contributed by atoms with van der Waals surface area (Å²) in [5, 5.41) is 8.76. The summed E-state index contributed by atoms with van der Waals surface area (Å²) in [6, 6.07) is 2.25. The second kappa shape index (κ2) is 3.38. The first-order chi connectivity index (χ1) is 7.36. The van der Waals surface area contributed by atoms with Gasteiger partial charge in [-0.25, -0.2) is 4.79 Å². The lowest BCUT2D eigenvalue weighted by Gasteiger charge is -2.59. The van der Waals surface area contributed by atoms with Crippen LogP contribution in [-0.2, 0) is 4.74 Å². The first kappa shape index (κ1) is 11.3. The van der Waals surface area contributed by atoms with Crippen molar-refractivity contribution in [2.24, 2.45) is 5.92 Å². The smallest absolute Gasteiger partial charge is 0.410 e. The Morgan fingerprint density at radius 1 is 1.50 bits per heavy atom. The van der Waals surface area contributed by atoms with Crippen molar-refractivity contribution in [1.29, 1.82) is 5.26 Å². The van der Waals surface area contributed by atoms with E-state index in [1.165, 1.54) is 0 Å². The van der Waals surface area contributed by atoms with Gasteiger partial charge in [-0.2, -0.15) is 5.26 Å². The monoisotopic (exact) mass is 222 g/mol. The molecule has 0 aromatic rings. The van der Waals surface area contributed by atoms with E-state index in [1.54, 1.807) is 4.90 Å². The zero-order valence-electron chi connectivity index (χ0n) is 10.1. The fraction of sp³-hybridized carbons (Fsp3) is 0.833. The van der Waals surface area contributed by atoms with Crippen molar-refractivity contribution in [2.75, 3.05) is 6.54 Å². The predicted octanol–water partition coefficient (Wildman–Crippen LogP) is 2.30. The Balaban J connectivity index is 1.93. The number of carbonyl (C=O) groups excluding carboxylic acids is 1. The van der Waals surface area contributed by atoms with Crippen LogP contribution in [0, 0.1) is 17.2 Å². The Hall–Kier alpha value is -1.24. The molecular weight excluding hydrogens is 204 g/mol. The van der Waals surface area contributed by atoms with Gasteiger partial charge in [0.2, 0.25) is 0 Å². The van der Waals surface area contributed by atoms with Gasteiger partial charge < -0.3 is 9.64 Å². The van der Waals surface area contributed by atoms with Crippen LogP contribution in [0.3, 0.4) is 0 Å². The maximum atomic E-state index is 11.9. The van der Waals surface area contributed by atoms with Crippen molar-refractivity contribution < 1.29 is 9.53 Å². The molecule has 2 aliphatic rings. The molecule has 0 N–H and O–H groups in total. The number of rotatable bonds is 0. The number of hydrogen-bond donors (Lipinski definition) is 0. The molecule has 1 saturated heterocycles. The predicted molar refractivity (Wildman–Crippen MR) is 58.6 cm³/mol. The second-order valence-electron chi connectivity index (χ2n) is 5.84. The van der Waals surface area contributed by atoms with Crippen LogP contribution in [0.5, 0.6) is 0 Å². The van der Waals surface area contributed by atoms with E-state index in [0.29, 0.717) is 0 Å². The van der Waals surface area contributed by atoms with Crippen LogP contribution in [0.1, 0.15) is 40.0 Å². The number of carbonyl (C=O) groups is 1. The summed E-state index contributed by atoms with van der Waals surface area (Å²) in [5.74, 6) is 0.130. The standard InChI is InChI=1S/C12H18N2O2/c1-11(2,3)16-10(15)14-5-4-12(14)6-9(7-12)8-13/h9H,4-7H2,1-3H3. The normalized spacial score (nSPS) is 32.6. The zero-order valence-corrected chi connectivity index (χ0v) is 10.1. The molecule has 4 heteroatoms. The largest absolute Gasteiger partial charge is 0.444 e. The van der Waals surface area contributed by atoms with Crippen LogP contribution in [-0.4, -0.2) is 28.7 Å². The fourth-order valence-electron chi connectivity index (χ4n) is 2.52. The van der Waals surface area contributed by atoms with Crippen molar-refractivity contribution in [3.8, 4) is 6.07 Å². The quantitative estimate of drug-likeness (QED) is 0.632. The Bertz CT molecular complexity index is 345. The highest BCUT2D eigenvalue weighted by molar-refractivity contribution is 5.71. The first-order valence-electron chi connectivity index (χ1n) is 5.77. The van der Waals surface area contributed by atoms with E-state index >= 15 is 0 Å². The Morgan fingerprint density at radius 2 is 2.12 bits per heavy atom. The van der Waals surface area contributed by atoms with Gasteiger partial charge in [0.1, 0.15) is 5.60 Å². The van der Waals surface area contributed by atoms with E-state index in [-0.39, 0.29) is 17.6 Å². The first-order valence-corrected chi connectivity index (χ1v) is 5.77. The SMILES string of the molecule is CC(C)(C)OC(=O)N1CCC12CC(C#N)C2. The third kappa shape index (κ3) is 1.75. The molecule has 1 amide bonds. The molecule has 2 fully saturated rings. The third-order valence-electron chi connectivity index (χ3n) is 3.42. The summed E-state index contributed by atoms with van der Waals surface area (Å²) < 4.78 is 5.35. The van der Waals surface area contributed by atoms with Crippen molar-refractivity contribution in [2.45, 2.75) is 51.2 Å². The second-order valence-corrected chi connectivity index (χ2v) is 5.84. The molecule has 1 aliphatic heterocycles. The van der Waals surface area contributed by atoms with Crippen molar-refractivity contribution in [3.05, 3.63) is 0 Å². The molecule has 0 aromatic carbocycles. The molecular formula is C12H18N2O2. The summed E-state index contributed by atoms with van der Waals surface area (Å²) in [6.07, 6.45) is 2.44. The molecule has 1 spiro atoms. The number of likely N-dealkylation sites (tertiary alicyclic amines) is 1. The van der Waals surface area contributed by atoms with Gasteiger partial charge in [0, 0.05) is 6.54 Å². The van der Waals surface area contributed by atoms with Gasteiger partial charge in [-0.3, -0.25) is 0 Å². The fourth-order valence-corrected chi connectivity index (χ4v) is 2.52. The van der Waals surface area contributed by atoms with Crippen LogP contribution in [0.25, 0.3) is 0 Å². The molecule has 1 aliphatic carbocycles. The van der Waals surface area contributed by atoms with Crippen LogP contribution in [0.4, 0.5) is 4.79 Å². The molecule has 0 bridgehead atoms. The topological polar surface area (TPSA) is 53.3 Å². The Labute approximate surface area is 96.2 Å². The van der Waals surface area contributed by atoms with Crippen molar-refractivity contribution >= 4 is 6.09 Å². The van der Waals surface area contributed by atoms with E-state index in [1.807, 2.05) is 20.8 Å². The number of ether oxygens (including phenoxy) is 1. The number of amides is 1. The molecule has 88 valence electrons. The number of hydrogen-bond acceptors (Lipinski definition) is 3. The minimum Gasteiger partial charge on any atom is -0.444 e. The highest BCUT2D eigenvalue weighted by atomic mass is 16.6. The van der Waals surface area contributed by atoms with E-state index in [4.69, 9.17) is 10.00 Å². The zero-order chi connectivity index (χ0) is 12.0. The summed E-state index contributed by atoms with van der Waals surface area (Å²) in [5.41, 5.74) is -0.477. The molecule has 1 heterocycles. The third-order valence-corrected chi connectivity index (χ3v) is 3.42. The van der Waals surface area contributed by atoms with Crippen LogP contribution >= 0.6 is 0 Å². The summed E-state index contributed by atoms with van der Waals surface area (Å²) in [4.78, 5) is 13.7. The highest BCUT2D eigenvalue weighted by Crippen LogP contribution is 2.50. The number of nitrogens with zero attached hydrogens (tertiary/aromatic N) is 2. The van der Waals surface area contributed by atoms with Crippen molar-refractivity contribution in [1.82, 2.24) is 4.90 Å². The summed E-state index contributed by atoms with van der Waals surface area (Å²) in [7, 11) is 0. The average molecular weight is 222 g/mol. The highest BCUT2D eigenvalue weighted by Gasteiger charge is 2.56. The molecule has 0 radical (unpaired) electrons. The van der Waals surface area contributed by atoms with Gasteiger partial charge in [-0.05, 0) is 40.0 Å². The molecule has 0 aromatic heterocycles. The van der Waals surface area contributed by atoms with Crippen LogP contribution in [0.15, 0.2) is 0 Å². The van der Waals surface area contributed by atoms with Gasteiger partial charge in [0.25, 0.3) is 0 Å². The van der Waals surface area contributed by atoms with Gasteiger partial charge in [-0.1, -0.05) is 0 Å². The average Bonchev–Trinajstić information content (AvgIpc) is 1.96. The lowest BCUT2D eigenvalue weighted by molar-refractivity contribution is -0.0926. The van der Waals surface area contributed by atoms with E-state index in [9.17, 15) is 4.79 Å². The van der Waals surface area contributed by atoms with Gasteiger partial charge >= 0.3 is 6.09 Å². The minimum absolute atomic E-state index is 0.0390. The van der Waals surface area contributed by atoms with Crippen LogP contribution in [0.2, 0.25) is 0 Å². The molecule has 0 unspecified atom stereocenters. The van der Waals surface area contributed by atoms with E-state index in [2.05, 4.69) is 6.07 Å². The number of nitriles is 1. The van der Waals surface area contributed by atoms with E-state index < -0.39 is 5.60 Å². The summed E-state index contributed by atoms with van der Waals surface area (Å²) >= 11 is 0. The minimum atomic E-state index is -0.438. The van der Waals surface area contributed by atoms with Gasteiger partial charge in [0.15, 0.2) is 0 Å². The Kier molecular flexibility index (Phi) is 2.37. The summed E-state index contributed by atoms with van der Waals surface area (Å²) in [6.45, 7) is 6.38. The molecule has 16 heavy (non-hydrogen) atoms. The molecule has 1 saturated carbocycles. The van der Waals surface area contributed by atoms with Crippen molar-refractivity contribution in [3.63, 3.8) is 0 Å². The lowest BCUT2D eigenvalue weighted by atomic mass is 9.62. The maximum Gasteiger partial charge on any atom is 0.410 e. The van der Waals surface area contributed by atoms with Gasteiger partial charge in [0.05, 0.1) is 17.5 Å².